The number of likely N-dealkylation sites (tertiary alicyclic amines) is 1. The second-order valence-electron chi connectivity index (χ2n) is 6.39. The lowest BCUT2D eigenvalue weighted by atomic mass is 9.92. The van der Waals surface area contributed by atoms with Gasteiger partial charge >= 0.3 is 0 Å². The predicted octanol–water partition coefficient (Wildman–Crippen LogP) is 1.38. The highest BCUT2D eigenvalue weighted by atomic mass is 16.3. The summed E-state index contributed by atoms with van der Waals surface area (Å²) < 4.78 is 0. The van der Waals surface area contributed by atoms with E-state index in [-0.39, 0.29) is 17.6 Å². The fourth-order valence-corrected chi connectivity index (χ4v) is 2.33. The highest BCUT2D eigenvalue weighted by molar-refractivity contribution is 5.76. The van der Waals surface area contributed by atoms with E-state index < -0.39 is 0 Å². The number of hydrogen-bond acceptors (Lipinski definition) is 3. The van der Waals surface area contributed by atoms with Crippen LogP contribution in [-0.4, -0.2) is 47.2 Å². The fraction of sp³-hybridized carbons (Fsp3) is 0.929. The number of nitrogens with one attached hydrogen (secondary N) is 1. The Labute approximate surface area is 111 Å². The van der Waals surface area contributed by atoms with Crippen LogP contribution in [0.2, 0.25) is 0 Å². The Morgan fingerprint density at radius 1 is 1.39 bits per heavy atom. The summed E-state index contributed by atoms with van der Waals surface area (Å²) in [5.41, 5.74) is 0.0690. The number of rotatable bonds is 4. The Morgan fingerprint density at radius 3 is 2.39 bits per heavy atom. The lowest BCUT2D eigenvalue weighted by Crippen LogP contribution is -2.43. The van der Waals surface area contributed by atoms with Crippen molar-refractivity contribution in [2.45, 2.75) is 58.6 Å². The van der Waals surface area contributed by atoms with Gasteiger partial charge < -0.3 is 15.3 Å². The van der Waals surface area contributed by atoms with Crippen LogP contribution in [0.25, 0.3) is 0 Å². The third-order valence-corrected chi connectivity index (χ3v) is 3.57. The number of piperidine rings is 1. The second-order valence-corrected chi connectivity index (χ2v) is 6.39. The maximum Gasteiger partial charge on any atom is 0.223 e. The summed E-state index contributed by atoms with van der Waals surface area (Å²) in [6, 6.07) is 0. The molecule has 1 aliphatic rings. The highest BCUT2D eigenvalue weighted by Crippen LogP contribution is 2.20. The van der Waals surface area contributed by atoms with Crippen LogP contribution in [0.15, 0.2) is 0 Å². The molecule has 18 heavy (non-hydrogen) atoms. The number of hydrogen-bond donors (Lipinski definition) is 2. The minimum absolute atomic E-state index is 0.0690. The van der Waals surface area contributed by atoms with E-state index in [1.807, 2.05) is 11.8 Å². The molecule has 1 heterocycles. The van der Waals surface area contributed by atoms with Crippen molar-refractivity contribution < 1.29 is 9.90 Å². The molecule has 0 aromatic heterocycles. The van der Waals surface area contributed by atoms with Crippen molar-refractivity contribution >= 4 is 5.91 Å². The third kappa shape index (κ3) is 5.36. The summed E-state index contributed by atoms with van der Waals surface area (Å²) in [7, 11) is 0. The monoisotopic (exact) mass is 256 g/mol. The standard InChI is InChI=1S/C14H28N2O2/c1-11(17)12-6-9-16(10-7-12)13(18)5-8-15-14(2,3)4/h11-12,15,17H,5-10H2,1-4H3. The molecule has 0 spiro atoms. The first-order valence-corrected chi connectivity index (χ1v) is 7.00. The van der Waals surface area contributed by atoms with Crippen molar-refractivity contribution in [3.05, 3.63) is 0 Å². The van der Waals surface area contributed by atoms with E-state index >= 15 is 0 Å². The molecule has 1 amide bonds. The molecule has 1 unspecified atom stereocenters. The Balaban J connectivity index is 2.24. The first-order valence-electron chi connectivity index (χ1n) is 7.00. The van der Waals surface area contributed by atoms with Gasteiger partial charge in [0.25, 0.3) is 0 Å². The molecule has 1 atom stereocenters. The van der Waals surface area contributed by atoms with Gasteiger partial charge in [-0.1, -0.05) is 0 Å². The lowest BCUT2D eigenvalue weighted by Gasteiger charge is -2.33. The van der Waals surface area contributed by atoms with Crippen molar-refractivity contribution in [2.75, 3.05) is 19.6 Å². The quantitative estimate of drug-likeness (QED) is 0.799. The van der Waals surface area contributed by atoms with Crippen molar-refractivity contribution in [3.8, 4) is 0 Å². The molecule has 0 saturated carbocycles. The first-order chi connectivity index (χ1) is 8.29. The molecule has 1 fully saturated rings. The van der Waals surface area contributed by atoms with Crippen LogP contribution < -0.4 is 5.32 Å². The molecule has 4 nitrogen and oxygen atoms in total. The van der Waals surface area contributed by atoms with Gasteiger partial charge in [0.2, 0.25) is 5.91 Å². The van der Waals surface area contributed by atoms with Crippen LogP contribution in [0.3, 0.4) is 0 Å². The van der Waals surface area contributed by atoms with Gasteiger partial charge in [-0.05, 0) is 46.5 Å². The van der Waals surface area contributed by atoms with Crippen molar-refractivity contribution in [1.29, 1.82) is 0 Å². The van der Waals surface area contributed by atoms with Gasteiger partial charge in [0, 0.05) is 31.6 Å². The molecular weight excluding hydrogens is 228 g/mol. The van der Waals surface area contributed by atoms with E-state index in [1.54, 1.807) is 0 Å². The summed E-state index contributed by atoms with van der Waals surface area (Å²) in [6.45, 7) is 10.5. The second kappa shape index (κ2) is 6.53. The molecule has 1 rings (SSSR count). The minimum Gasteiger partial charge on any atom is -0.393 e. The van der Waals surface area contributed by atoms with E-state index in [0.717, 1.165) is 32.5 Å². The third-order valence-electron chi connectivity index (χ3n) is 3.57. The Hall–Kier alpha value is -0.610. The zero-order chi connectivity index (χ0) is 13.8. The maximum absolute atomic E-state index is 12.0. The summed E-state index contributed by atoms with van der Waals surface area (Å²) >= 11 is 0. The van der Waals surface area contributed by atoms with Crippen LogP contribution in [0.4, 0.5) is 0 Å². The molecule has 0 aromatic rings. The summed E-state index contributed by atoms with van der Waals surface area (Å²) in [6.07, 6.45) is 2.17. The molecular formula is C14H28N2O2. The summed E-state index contributed by atoms with van der Waals surface area (Å²) in [5, 5.41) is 12.9. The Bertz CT molecular complexity index is 263. The van der Waals surface area contributed by atoms with E-state index in [9.17, 15) is 9.90 Å². The molecule has 106 valence electrons. The van der Waals surface area contributed by atoms with Gasteiger partial charge in [0.05, 0.1) is 6.10 Å². The van der Waals surface area contributed by atoms with Crippen LogP contribution in [0, 0.1) is 5.92 Å². The van der Waals surface area contributed by atoms with Crippen LogP contribution in [-0.2, 0) is 4.79 Å². The van der Waals surface area contributed by atoms with Crippen molar-refractivity contribution in [3.63, 3.8) is 0 Å². The van der Waals surface area contributed by atoms with Gasteiger partial charge in [0.1, 0.15) is 0 Å². The number of nitrogens with zero attached hydrogens (tertiary/aromatic N) is 1. The van der Waals surface area contributed by atoms with Gasteiger partial charge in [0.15, 0.2) is 0 Å². The SMILES string of the molecule is CC(O)C1CCN(C(=O)CCNC(C)(C)C)CC1. The zero-order valence-electron chi connectivity index (χ0n) is 12.2. The number of carbonyl (C=O) groups is 1. The minimum atomic E-state index is -0.246. The first kappa shape index (κ1) is 15.4. The average molecular weight is 256 g/mol. The Morgan fingerprint density at radius 2 is 1.94 bits per heavy atom. The highest BCUT2D eigenvalue weighted by Gasteiger charge is 2.25. The number of aliphatic hydroxyl groups is 1. The normalized spacial score (nSPS) is 19.9. The van der Waals surface area contributed by atoms with Gasteiger partial charge in [-0.15, -0.1) is 0 Å². The molecule has 0 bridgehead atoms. The molecule has 1 aliphatic heterocycles. The maximum atomic E-state index is 12.0. The predicted molar refractivity (Wildman–Crippen MR) is 73.4 cm³/mol. The van der Waals surface area contributed by atoms with Gasteiger partial charge in [-0.2, -0.15) is 0 Å². The molecule has 1 saturated heterocycles. The fourth-order valence-electron chi connectivity index (χ4n) is 2.33. The Kier molecular flexibility index (Phi) is 5.60. The number of aliphatic hydroxyl groups excluding tert-OH is 1. The largest absolute Gasteiger partial charge is 0.393 e. The van der Waals surface area contributed by atoms with Gasteiger partial charge in [-0.3, -0.25) is 4.79 Å². The summed E-state index contributed by atoms with van der Waals surface area (Å²) in [5.74, 6) is 0.595. The topological polar surface area (TPSA) is 52.6 Å². The molecule has 0 radical (unpaired) electrons. The van der Waals surface area contributed by atoms with Crippen LogP contribution in [0.1, 0.15) is 47.0 Å². The van der Waals surface area contributed by atoms with Crippen molar-refractivity contribution in [2.24, 2.45) is 5.92 Å². The molecule has 4 heteroatoms. The average Bonchev–Trinajstić information content (AvgIpc) is 2.27. The van der Waals surface area contributed by atoms with E-state index in [2.05, 4.69) is 26.1 Å². The van der Waals surface area contributed by atoms with E-state index in [1.165, 1.54) is 0 Å². The number of carbonyl (C=O) groups excluding carboxylic acids is 1. The number of amides is 1. The zero-order valence-corrected chi connectivity index (χ0v) is 12.2. The smallest absolute Gasteiger partial charge is 0.223 e. The van der Waals surface area contributed by atoms with Crippen LogP contribution >= 0.6 is 0 Å². The lowest BCUT2D eigenvalue weighted by molar-refractivity contribution is -0.133. The summed E-state index contributed by atoms with van der Waals surface area (Å²) in [4.78, 5) is 13.9. The molecule has 2 N–H and O–H groups in total. The van der Waals surface area contributed by atoms with E-state index in [4.69, 9.17) is 0 Å². The van der Waals surface area contributed by atoms with E-state index in [0.29, 0.717) is 12.3 Å². The van der Waals surface area contributed by atoms with Gasteiger partial charge in [-0.25, -0.2) is 0 Å². The van der Waals surface area contributed by atoms with Crippen molar-refractivity contribution in [1.82, 2.24) is 10.2 Å². The van der Waals surface area contributed by atoms with Crippen LogP contribution in [0.5, 0.6) is 0 Å². The molecule has 0 aromatic carbocycles. The molecule has 0 aliphatic carbocycles.